The van der Waals surface area contributed by atoms with Gasteiger partial charge in [-0.1, -0.05) is 0 Å². The highest BCUT2D eigenvalue weighted by atomic mass is 32.2. The minimum absolute atomic E-state index is 0.195. The molecule has 7 heteroatoms. The van der Waals surface area contributed by atoms with Crippen LogP contribution in [0.2, 0.25) is 0 Å². The number of aliphatic hydroxyl groups is 1. The number of aromatic amines is 1. The van der Waals surface area contributed by atoms with Crippen molar-refractivity contribution < 1.29 is 9.90 Å². The number of nitrogens with one attached hydrogen (secondary N) is 2. The maximum absolute atomic E-state index is 11.5. The van der Waals surface area contributed by atoms with Crippen LogP contribution in [-0.2, 0) is 0 Å². The first-order valence-electron chi connectivity index (χ1n) is 5.25. The number of H-pyrrole nitrogens is 1. The summed E-state index contributed by atoms with van der Waals surface area (Å²) in [5, 5.41) is 11.3. The van der Waals surface area contributed by atoms with Crippen LogP contribution in [-0.4, -0.2) is 45.6 Å². The number of carbonyl (C=O) groups is 1. The average molecular weight is 257 g/mol. The van der Waals surface area contributed by atoms with E-state index in [-0.39, 0.29) is 23.8 Å². The summed E-state index contributed by atoms with van der Waals surface area (Å²) in [4.78, 5) is 28.3. The van der Waals surface area contributed by atoms with E-state index in [0.29, 0.717) is 6.54 Å². The Kier molecular flexibility index (Phi) is 6.34. The molecule has 1 aromatic rings. The Morgan fingerprint density at radius 1 is 1.53 bits per heavy atom. The van der Waals surface area contributed by atoms with Gasteiger partial charge in [-0.3, -0.25) is 9.59 Å². The van der Waals surface area contributed by atoms with Crippen LogP contribution in [0, 0.1) is 0 Å². The number of hydrogen-bond donors (Lipinski definition) is 3. The summed E-state index contributed by atoms with van der Waals surface area (Å²) in [7, 11) is 0. The summed E-state index contributed by atoms with van der Waals surface area (Å²) in [5.41, 5.74) is -0.133. The van der Waals surface area contributed by atoms with Gasteiger partial charge >= 0.3 is 0 Å². The lowest BCUT2D eigenvalue weighted by molar-refractivity contribution is 0.0950. The van der Waals surface area contributed by atoms with Crippen LogP contribution >= 0.6 is 11.8 Å². The zero-order chi connectivity index (χ0) is 12.5. The molecule has 0 spiro atoms. The molecule has 0 saturated heterocycles. The highest BCUT2D eigenvalue weighted by Crippen LogP contribution is 2.00. The van der Waals surface area contributed by atoms with Crippen LogP contribution in [0.25, 0.3) is 0 Å². The fourth-order valence-corrected chi connectivity index (χ4v) is 1.85. The molecule has 0 saturated carbocycles. The number of rotatable bonds is 7. The molecule has 1 rings (SSSR count). The monoisotopic (exact) mass is 257 g/mol. The lowest BCUT2D eigenvalue weighted by atomic mass is 10.4. The van der Waals surface area contributed by atoms with Gasteiger partial charge in [0, 0.05) is 25.1 Å². The molecule has 0 aliphatic rings. The Hall–Kier alpha value is -1.34. The van der Waals surface area contributed by atoms with Crippen molar-refractivity contribution in [1.29, 1.82) is 0 Å². The smallest absolute Gasteiger partial charge is 0.271 e. The summed E-state index contributed by atoms with van der Waals surface area (Å²) >= 11 is 1.66. The van der Waals surface area contributed by atoms with Gasteiger partial charge in [0.25, 0.3) is 11.5 Å². The van der Waals surface area contributed by atoms with Gasteiger partial charge in [-0.15, -0.1) is 0 Å². The van der Waals surface area contributed by atoms with Crippen molar-refractivity contribution in [3.8, 4) is 0 Å². The standard InChI is InChI=1S/C10H15N3O3S/c14-3-1-4-17-5-2-11-10(16)8-6-13-9(15)7-12-8/h6-7,14H,1-5H2,(H,11,16)(H,13,15). The third-order valence-electron chi connectivity index (χ3n) is 1.88. The van der Waals surface area contributed by atoms with E-state index >= 15 is 0 Å². The molecule has 0 fully saturated rings. The van der Waals surface area contributed by atoms with Crippen molar-refractivity contribution in [2.75, 3.05) is 24.7 Å². The number of aliphatic hydroxyl groups excluding tert-OH is 1. The second-order valence-corrected chi connectivity index (χ2v) is 4.47. The second-order valence-electron chi connectivity index (χ2n) is 3.24. The Morgan fingerprint density at radius 2 is 2.35 bits per heavy atom. The van der Waals surface area contributed by atoms with E-state index in [0.717, 1.165) is 24.1 Å². The maximum Gasteiger partial charge on any atom is 0.271 e. The lowest BCUT2D eigenvalue weighted by Gasteiger charge is -2.03. The largest absolute Gasteiger partial charge is 0.396 e. The van der Waals surface area contributed by atoms with Crippen LogP contribution in [0.15, 0.2) is 17.2 Å². The van der Waals surface area contributed by atoms with Crippen LogP contribution in [0.3, 0.4) is 0 Å². The summed E-state index contributed by atoms with van der Waals surface area (Å²) in [6.45, 7) is 0.733. The van der Waals surface area contributed by atoms with E-state index in [1.165, 1.54) is 6.20 Å². The minimum atomic E-state index is -0.332. The molecule has 17 heavy (non-hydrogen) atoms. The lowest BCUT2D eigenvalue weighted by Crippen LogP contribution is -2.27. The zero-order valence-electron chi connectivity index (χ0n) is 9.31. The highest BCUT2D eigenvalue weighted by Gasteiger charge is 2.05. The predicted molar refractivity (Wildman–Crippen MR) is 66.2 cm³/mol. The van der Waals surface area contributed by atoms with E-state index < -0.39 is 0 Å². The quantitative estimate of drug-likeness (QED) is 0.579. The highest BCUT2D eigenvalue weighted by molar-refractivity contribution is 7.99. The summed E-state index contributed by atoms with van der Waals surface area (Å²) < 4.78 is 0. The second kappa shape index (κ2) is 7.86. The van der Waals surface area contributed by atoms with Crippen LogP contribution in [0.5, 0.6) is 0 Å². The first kappa shape index (κ1) is 13.7. The van der Waals surface area contributed by atoms with Gasteiger partial charge in [-0.05, 0) is 12.2 Å². The number of thioether (sulfide) groups is 1. The number of hydrogen-bond acceptors (Lipinski definition) is 5. The summed E-state index contributed by atoms with van der Waals surface area (Å²) in [5.74, 6) is 1.36. The van der Waals surface area contributed by atoms with Gasteiger partial charge in [0.1, 0.15) is 5.69 Å². The van der Waals surface area contributed by atoms with Crippen molar-refractivity contribution in [3.05, 3.63) is 28.4 Å². The molecule has 0 aromatic carbocycles. The van der Waals surface area contributed by atoms with Gasteiger partial charge in [0.15, 0.2) is 0 Å². The van der Waals surface area contributed by atoms with Gasteiger partial charge in [-0.2, -0.15) is 11.8 Å². The molecule has 1 amide bonds. The number of carbonyl (C=O) groups excluding carboxylic acids is 1. The fraction of sp³-hybridized carbons (Fsp3) is 0.500. The molecule has 94 valence electrons. The van der Waals surface area contributed by atoms with Crippen molar-refractivity contribution in [2.45, 2.75) is 6.42 Å². The van der Waals surface area contributed by atoms with Gasteiger partial charge in [-0.25, -0.2) is 4.98 Å². The van der Waals surface area contributed by atoms with Crippen molar-refractivity contribution in [1.82, 2.24) is 15.3 Å². The van der Waals surface area contributed by atoms with Crippen LogP contribution < -0.4 is 10.9 Å². The van der Waals surface area contributed by atoms with Gasteiger partial charge < -0.3 is 15.4 Å². The van der Waals surface area contributed by atoms with Crippen molar-refractivity contribution >= 4 is 17.7 Å². The van der Waals surface area contributed by atoms with Gasteiger partial charge in [0.05, 0.1) is 6.20 Å². The van der Waals surface area contributed by atoms with Crippen molar-refractivity contribution in [2.24, 2.45) is 0 Å². The normalized spacial score (nSPS) is 10.2. The van der Waals surface area contributed by atoms with Crippen molar-refractivity contribution in [3.63, 3.8) is 0 Å². The van der Waals surface area contributed by atoms with Crippen LogP contribution in [0.4, 0.5) is 0 Å². The third-order valence-corrected chi connectivity index (χ3v) is 2.95. The maximum atomic E-state index is 11.5. The van der Waals surface area contributed by atoms with E-state index in [4.69, 9.17) is 5.11 Å². The van der Waals surface area contributed by atoms with Crippen LogP contribution in [0.1, 0.15) is 16.9 Å². The molecular formula is C10H15N3O3S. The molecule has 1 aromatic heterocycles. The average Bonchev–Trinajstić information content (AvgIpc) is 2.34. The number of nitrogens with zero attached hydrogens (tertiary/aromatic N) is 1. The molecule has 1 heterocycles. The predicted octanol–water partition coefficient (Wildman–Crippen LogP) is -0.385. The van der Waals surface area contributed by atoms with E-state index in [9.17, 15) is 9.59 Å². The molecule has 0 bridgehead atoms. The topological polar surface area (TPSA) is 95.1 Å². The first-order valence-corrected chi connectivity index (χ1v) is 6.41. The molecule has 0 aliphatic carbocycles. The Morgan fingerprint density at radius 3 is 3.00 bits per heavy atom. The minimum Gasteiger partial charge on any atom is -0.396 e. The Bertz CT molecular complexity index is 388. The van der Waals surface area contributed by atoms with E-state index in [2.05, 4.69) is 15.3 Å². The first-order chi connectivity index (χ1) is 8.24. The molecule has 0 unspecified atom stereocenters. The molecule has 0 aliphatic heterocycles. The Labute approximate surface area is 103 Å². The third kappa shape index (κ3) is 5.50. The fourth-order valence-electron chi connectivity index (χ4n) is 1.06. The summed E-state index contributed by atoms with van der Waals surface area (Å²) in [6.07, 6.45) is 3.13. The Balaban J connectivity index is 2.21. The number of amides is 1. The van der Waals surface area contributed by atoms with E-state index in [1.807, 2.05) is 0 Å². The zero-order valence-corrected chi connectivity index (χ0v) is 10.1. The van der Waals surface area contributed by atoms with E-state index in [1.54, 1.807) is 11.8 Å². The molecule has 0 radical (unpaired) electrons. The molecular weight excluding hydrogens is 242 g/mol. The SMILES string of the molecule is O=C(NCCSCCCO)c1c[nH]c(=O)cn1. The summed E-state index contributed by atoms with van der Waals surface area (Å²) in [6, 6.07) is 0. The number of aromatic nitrogens is 2. The molecule has 3 N–H and O–H groups in total. The van der Waals surface area contributed by atoms with Gasteiger partial charge in [0.2, 0.25) is 0 Å². The molecule has 0 atom stereocenters. The molecule has 6 nitrogen and oxygen atoms in total.